The Morgan fingerprint density at radius 3 is 2.38 bits per heavy atom. The van der Waals surface area contributed by atoms with Gasteiger partial charge in [-0.25, -0.2) is 0 Å². The molecule has 1 N–H and O–H groups in total. The minimum Gasteiger partial charge on any atom is -0.496 e. The quantitative estimate of drug-likeness (QED) is 0.874. The van der Waals surface area contributed by atoms with Crippen molar-refractivity contribution in [1.29, 1.82) is 0 Å². The second kappa shape index (κ2) is 6.99. The molecule has 0 heterocycles. The molecule has 0 aromatic heterocycles. The van der Waals surface area contributed by atoms with Gasteiger partial charge in [0.15, 0.2) is 0 Å². The molecule has 0 aliphatic carbocycles. The Balaban J connectivity index is 2.33. The topological polar surface area (TPSA) is 47.9 Å². The van der Waals surface area contributed by atoms with Crippen molar-refractivity contribution in [3.05, 3.63) is 48.0 Å². The molecule has 2 aromatic rings. The van der Waals surface area contributed by atoms with Gasteiger partial charge in [-0.3, -0.25) is 0 Å². The Kier molecular flexibility index (Phi) is 5.06. The minimum atomic E-state index is -0.689. The van der Waals surface area contributed by atoms with E-state index in [1.807, 2.05) is 37.3 Å². The first-order valence-corrected chi connectivity index (χ1v) is 6.91. The number of aliphatic hydroxyl groups excluding tert-OH is 1. The lowest BCUT2D eigenvalue weighted by atomic mass is 10.1. The van der Waals surface area contributed by atoms with Crippen molar-refractivity contribution in [3.63, 3.8) is 0 Å². The summed E-state index contributed by atoms with van der Waals surface area (Å²) in [5.41, 5.74) is 0.627. The van der Waals surface area contributed by atoms with Crippen LogP contribution in [0, 0.1) is 0 Å². The number of ether oxygens (including phenoxy) is 3. The summed E-state index contributed by atoms with van der Waals surface area (Å²) < 4.78 is 16.6. The third-order valence-corrected chi connectivity index (χ3v) is 3.01. The van der Waals surface area contributed by atoms with Crippen molar-refractivity contribution in [2.45, 2.75) is 20.0 Å². The lowest BCUT2D eigenvalue weighted by Gasteiger charge is -2.16. The molecule has 1 atom stereocenters. The number of aliphatic hydroxyl groups is 1. The van der Waals surface area contributed by atoms with Crippen LogP contribution in [0.25, 0.3) is 0 Å². The zero-order chi connectivity index (χ0) is 15.2. The van der Waals surface area contributed by atoms with Gasteiger partial charge in [-0.1, -0.05) is 12.1 Å². The summed E-state index contributed by atoms with van der Waals surface area (Å²) in [5, 5.41) is 9.95. The van der Waals surface area contributed by atoms with E-state index in [9.17, 15) is 5.11 Å². The molecule has 0 aliphatic heterocycles. The standard InChI is InChI=1S/C17H20O4/c1-4-20-13-7-5-8-14(11-13)21-16-10-6-9-15(19-3)17(16)12(2)18/h5-12,18H,4H2,1-3H3/t12-/m0/s1. The molecule has 4 heteroatoms. The summed E-state index contributed by atoms with van der Waals surface area (Å²) in [6.07, 6.45) is -0.689. The summed E-state index contributed by atoms with van der Waals surface area (Å²) in [6.45, 7) is 4.21. The molecule has 0 saturated heterocycles. The lowest BCUT2D eigenvalue weighted by Crippen LogP contribution is -2.00. The summed E-state index contributed by atoms with van der Waals surface area (Å²) in [5.74, 6) is 2.56. The molecule has 0 saturated carbocycles. The highest BCUT2D eigenvalue weighted by atomic mass is 16.5. The van der Waals surface area contributed by atoms with E-state index in [2.05, 4.69) is 0 Å². The minimum absolute atomic E-state index is 0.568. The zero-order valence-electron chi connectivity index (χ0n) is 12.5. The molecular weight excluding hydrogens is 268 g/mol. The van der Waals surface area contributed by atoms with Crippen molar-refractivity contribution in [1.82, 2.24) is 0 Å². The first-order chi connectivity index (χ1) is 10.2. The van der Waals surface area contributed by atoms with Crippen molar-refractivity contribution in [3.8, 4) is 23.0 Å². The van der Waals surface area contributed by atoms with Crippen LogP contribution >= 0.6 is 0 Å². The smallest absolute Gasteiger partial charge is 0.136 e. The maximum absolute atomic E-state index is 9.95. The van der Waals surface area contributed by atoms with E-state index in [0.29, 0.717) is 29.4 Å². The Morgan fingerprint density at radius 1 is 1.05 bits per heavy atom. The molecule has 0 spiro atoms. The molecule has 2 rings (SSSR count). The van der Waals surface area contributed by atoms with Gasteiger partial charge in [0.1, 0.15) is 23.0 Å². The molecule has 4 nitrogen and oxygen atoms in total. The van der Waals surface area contributed by atoms with E-state index >= 15 is 0 Å². The van der Waals surface area contributed by atoms with Gasteiger partial charge in [-0.2, -0.15) is 0 Å². The SMILES string of the molecule is CCOc1cccc(Oc2cccc(OC)c2[C@H](C)O)c1. The van der Waals surface area contributed by atoms with E-state index in [4.69, 9.17) is 14.2 Å². The predicted octanol–water partition coefficient (Wildman–Crippen LogP) is 3.94. The van der Waals surface area contributed by atoms with Crippen molar-refractivity contribution in [2.75, 3.05) is 13.7 Å². The number of rotatable bonds is 6. The Bertz CT molecular complexity index is 593. The average Bonchev–Trinajstić information content (AvgIpc) is 2.47. The Hall–Kier alpha value is -2.20. The van der Waals surface area contributed by atoms with Crippen LogP contribution in [0.5, 0.6) is 23.0 Å². The molecular formula is C17H20O4. The number of benzene rings is 2. The van der Waals surface area contributed by atoms with Gasteiger partial charge in [0.25, 0.3) is 0 Å². The van der Waals surface area contributed by atoms with Crippen LogP contribution in [0.4, 0.5) is 0 Å². The zero-order valence-corrected chi connectivity index (χ0v) is 12.5. The highest BCUT2D eigenvalue weighted by molar-refractivity contribution is 5.48. The molecule has 0 unspecified atom stereocenters. The summed E-state index contributed by atoms with van der Waals surface area (Å²) >= 11 is 0. The van der Waals surface area contributed by atoms with Crippen LogP contribution in [0.3, 0.4) is 0 Å². The van der Waals surface area contributed by atoms with Gasteiger partial charge < -0.3 is 19.3 Å². The number of hydrogen-bond donors (Lipinski definition) is 1. The van der Waals surface area contributed by atoms with E-state index in [1.54, 1.807) is 26.2 Å². The maximum Gasteiger partial charge on any atom is 0.136 e. The van der Waals surface area contributed by atoms with Crippen molar-refractivity contribution in [2.24, 2.45) is 0 Å². The van der Waals surface area contributed by atoms with E-state index in [-0.39, 0.29) is 0 Å². The monoisotopic (exact) mass is 288 g/mol. The van der Waals surface area contributed by atoms with Crippen molar-refractivity contribution >= 4 is 0 Å². The van der Waals surface area contributed by atoms with Crippen LogP contribution in [0.15, 0.2) is 42.5 Å². The van der Waals surface area contributed by atoms with E-state index < -0.39 is 6.10 Å². The number of hydrogen-bond acceptors (Lipinski definition) is 4. The second-order valence-electron chi connectivity index (χ2n) is 4.56. The fourth-order valence-corrected chi connectivity index (χ4v) is 2.12. The van der Waals surface area contributed by atoms with Crippen molar-refractivity contribution < 1.29 is 19.3 Å². The van der Waals surface area contributed by atoms with Gasteiger partial charge >= 0.3 is 0 Å². The molecule has 21 heavy (non-hydrogen) atoms. The normalized spacial score (nSPS) is 11.8. The van der Waals surface area contributed by atoms with Gasteiger partial charge in [0, 0.05) is 6.07 Å². The van der Waals surface area contributed by atoms with Crippen LogP contribution in [0.2, 0.25) is 0 Å². The molecule has 0 fully saturated rings. The van der Waals surface area contributed by atoms with E-state index in [0.717, 1.165) is 5.75 Å². The fourth-order valence-electron chi connectivity index (χ4n) is 2.12. The summed E-state index contributed by atoms with van der Waals surface area (Å²) in [6, 6.07) is 12.8. The number of methoxy groups -OCH3 is 1. The first-order valence-electron chi connectivity index (χ1n) is 6.91. The lowest BCUT2D eigenvalue weighted by molar-refractivity contribution is 0.190. The third-order valence-electron chi connectivity index (χ3n) is 3.01. The predicted molar refractivity (Wildman–Crippen MR) is 81.3 cm³/mol. The molecule has 0 radical (unpaired) electrons. The summed E-state index contributed by atoms with van der Waals surface area (Å²) in [4.78, 5) is 0. The van der Waals surface area contributed by atoms with E-state index in [1.165, 1.54) is 0 Å². The fraction of sp³-hybridized carbons (Fsp3) is 0.294. The molecule has 0 bridgehead atoms. The average molecular weight is 288 g/mol. The first kappa shape index (κ1) is 15.2. The molecule has 2 aromatic carbocycles. The Morgan fingerprint density at radius 2 is 1.71 bits per heavy atom. The Labute approximate surface area is 124 Å². The maximum atomic E-state index is 9.95. The largest absolute Gasteiger partial charge is 0.496 e. The summed E-state index contributed by atoms with van der Waals surface area (Å²) in [7, 11) is 1.57. The second-order valence-corrected chi connectivity index (χ2v) is 4.56. The van der Waals surface area contributed by atoms with Gasteiger partial charge in [0.05, 0.1) is 25.4 Å². The third kappa shape index (κ3) is 3.67. The van der Waals surface area contributed by atoms with Gasteiger partial charge in [0.2, 0.25) is 0 Å². The highest BCUT2D eigenvalue weighted by Gasteiger charge is 2.16. The molecule has 0 amide bonds. The molecule has 112 valence electrons. The van der Waals surface area contributed by atoms with Gasteiger partial charge in [-0.15, -0.1) is 0 Å². The van der Waals surface area contributed by atoms with Crippen LogP contribution in [0.1, 0.15) is 25.5 Å². The van der Waals surface area contributed by atoms with Crippen LogP contribution in [-0.2, 0) is 0 Å². The highest BCUT2D eigenvalue weighted by Crippen LogP contribution is 2.36. The van der Waals surface area contributed by atoms with Gasteiger partial charge in [-0.05, 0) is 38.1 Å². The van der Waals surface area contributed by atoms with Crippen LogP contribution < -0.4 is 14.2 Å². The van der Waals surface area contributed by atoms with Crippen LogP contribution in [-0.4, -0.2) is 18.8 Å². The molecule has 0 aliphatic rings.